The number of hydrogen-bond acceptors (Lipinski definition) is 3. The first-order chi connectivity index (χ1) is 12.0. The SMILES string of the molecule is C=C(Nc1cc(NC(=O)C(C)(C)C)cc(NC(=O)C(C)(C)C)c1)C(C)(C)C. The average molecular weight is 374 g/mol. The van der Waals surface area contributed by atoms with E-state index in [1.807, 2.05) is 53.7 Å². The molecule has 0 aromatic heterocycles. The summed E-state index contributed by atoms with van der Waals surface area (Å²) in [4.78, 5) is 24.8. The summed E-state index contributed by atoms with van der Waals surface area (Å²) in [5.74, 6) is -0.190. The van der Waals surface area contributed by atoms with Crippen LogP contribution < -0.4 is 16.0 Å². The molecular weight excluding hydrogens is 338 g/mol. The fraction of sp³-hybridized carbons (Fsp3) is 0.545. The van der Waals surface area contributed by atoms with E-state index in [1.54, 1.807) is 6.07 Å². The molecule has 0 bridgehead atoms. The van der Waals surface area contributed by atoms with Gasteiger partial charge in [-0.05, 0) is 18.2 Å². The number of hydrogen-bond donors (Lipinski definition) is 3. The van der Waals surface area contributed by atoms with Crippen molar-refractivity contribution in [1.29, 1.82) is 0 Å². The van der Waals surface area contributed by atoms with Gasteiger partial charge in [0.2, 0.25) is 11.8 Å². The molecule has 0 aliphatic heterocycles. The number of carbonyl (C=O) groups excluding carboxylic acids is 2. The molecule has 0 fully saturated rings. The standard InChI is InChI=1S/C22H35N3O2/c1-14(20(2,3)4)23-15-11-16(24-18(26)21(5,6)7)13-17(12-15)25-19(27)22(8,9)10/h11-13,23H,1H2,2-10H3,(H,24,26)(H,25,27). The highest BCUT2D eigenvalue weighted by Gasteiger charge is 2.24. The summed E-state index contributed by atoms with van der Waals surface area (Å²) < 4.78 is 0. The fourth-order valence-corrected chi connectivity index (χ4v) is 1.84. The number of nitrogens with one attached hydrogen (secondary N) is 3. The van der Waals surface area contributed by atoms with Crippen LogP contribution in [0.25, 0.3) is 0 Å². The lowest BCUT2D eigenvalue weighted by Gasteiger charge is -2.25. The van der Waals surface area contributed by atoms with E-state index in [4.69, 9.17) is 0 Å². The lowest BCUT2D eigenvalue weighted by molar-refractivity contribution is -0.123. The predicted molar refractivity (Wildman–Crippen MR) is 115 cm³/mol. The van der Waals surface area contributed by atoms with E-state index in [9.17, 15) is 9.59 Å². The third kappa shape index (κ3) is 7.08. The topological polar surface area (TPSA) is 70.2 Å². The monoisotopic (exact) mass is 373 g/mol. The summed E-state index contributed by atoms with van der Waals surface area (Å²) in [7, 11) is 0. The second-order valence-corrected chi connectivity index (χ2v) is 10.1. The van der Waals surface area contributed by atoms with Crippen LogP contribution in [-0.4, -0.2) is 11.8 Å². The third-order valence-electron chi connectivity index (χ3n) is 4.01. The van der Waals surface area contributed by atoms with Crippen molar-refractivity contribution in [3.63, 3.8) is 0 Å². The molecule has 27 heavy (non-hydrogen) atoms. The number of allylic oxidation sites excluding steroid dienone is 1. The van der Waals surface area contributed by atoms with Crippen LogP contribution in [0.4, 0.5) is 17.1 Å². The number of rotatable bonds is 4. The molecule has 1 aromatic rings. The minimum atomic E-state index is -0.521. The van der Waals surface area contributed by atoms with Crippen LogP contribution in [0, 0.1) is 16.2 Å². The van der Waals surface area contributed by atoms with Crippen molar-refractivity contribution >= 4 is 28.9 Å². The second-order valence-electron chi connectivity index (χ2n) is 10.1. The normalized spacial score (nSPS) is 12.3. The third-order valence-corrected chi connectivity index (χ3v) is 4.01. The first-order valence-corrected chi connectivity index (χ1v) is 9.24. The van der Waals surface area contributed by atoms with Crippen molar-refractivity contribution in [2.75, 3.05) is 16.0 Å². The molecule has 0 aliphatic rings. The zero-order valence-corrected chi connectivity index (χ0v) is 18.3. The molecular formula is C22H35N3O2. The average Bonchev–Trinajstić information content (AvgIpc) is 2.43. The fourth-order valence-electron chi connectivity index (χ4n) is 1.84. The smallest absolute Gasteiger partial charge is 0.229 e. The highest BCUT2D eigenvalue weighted by atomic mass is 16.2. The van der Waals surface area contributed by atoms with Gasteiger partial charge in [-0.15, -0.1) is 0 Å². The molecule has 0 unspecified atom stereocenters. The molecule has 0 aliphatic carbocycles. The summed E-state index contributed by atoms with van der Waals surface area (Å²) in [6, 6.07) is 5.44. The summed E-state index contributed by atoms with van der Waals surface area (Å²) in [6.45, 7) is 21.4. The van der Waals surface area contributed by atoms with Crippen molar-refractivity contribution in [2.24, 2.45) is 16.2 Å². The van der Waals surface area contributed by atoms with E-state index < -0.39 is 10.8 Å². The summed E-state index contributed by atoms with van der Waals surface area (Å²) in [6.07, 6.45) is 0. The molecule has 1 rings (SSSR count). The molecule has 0 saturated carbocycles. The van der Waals surface area contributed by atoms with Crippen LogP contribution in [0.3, 0.4) is 0 Å². The van der Waals surface area contributed by atoms with Gasteiger partial charge in [0.1, 0.15) is 0 Å². The van der Waals surface area contributed by atoms with Gasteiger partial charge in [0, 0.05) is 39.0 Å². The van der Waals surface area contributed by atoms with Gasteiger partial charge in [0.25, 0.3) is 0 Å². The van der Waals surface area contributed by atoms with Crippen LogP contribution in [0.15, 0.2) is 30.5 Å². The molecule has 5 heteroatoms. The highest BCUT2D eigenvalue weighted by Crippen LogP contribution is 2.30. The van der Waals surface area contributed by atoms with Crippen molar-refractivity contribution < 1.29 is 9.59 Å². The van der Waals surface area contributed by atoms with Crippen LogP contribution in [0.1, 0.15) is 62.3 Å². The van der Waals surface area contributed by atoms with E-state index in [1.165, 1.54) is 0 Å². The quantitative estimate of drug-likeness (QED) is 0.641. The van der Waals surface area contributed by atoms with Gasteiger partial charge in [-0.2, -0.15) is 0 Å². The number of carbonyl (C=O) groups is 2. The molecule has 0 heterocycles. The molecule has 0 radical (unpaired) electrons. The molecule has 0 spiro atoms. The highest BCUT2D eigenvalue weighted by molar-refractivity contribution is 5.98. The Morgan fingerprint density at radius 1 is 0.630 bits per heavy atom. The lowest BCUT2D eigenvalue weighted by atomic mass is 9.92. The van der Waals surface area contributed by atoms with Gasteiger partial charge >= 0.3 is 0 Å². The first-order valence-electron chi connectivity index (χ1n) is 9.24. The maximum atomic E-state index is 12.4. The van der Waals surface area contributed by atoms with Gasteiger partial charge in [-0.3, -0.25) is 9.59 Å². The van der Waals surface area contributed by atoms with E-state index in [0.29, 0.717) is 11.4 Å². The van der Waals surface area contributed by atoms with Gasteiger partial charge in [0.15, 0.2) is 0 Å². The van der Waals surface area contributed by atoms with Crippen molar-refractivity contribution in [1.82, 2.24) is 0 Å². The van der Waals surface area contributed by atoms with Crippen LogP contribution in [0.5, 0.6) is 0 Å². The second kappa shape index (κ2) is 7.75. The molecule has 3 N–H and O–H groups in total. The van der Waals surface area contributed by atoms with Gasteiger partial charge in [-0.25, -0.2) is 0 Å². The van der Waals surface area contributed by atoms with Crippen LogP contribution >= 0.6 is 0 Å². The van der Waals surface area contributed by atoms with Crippen molar-refractivity contribution in [2.45, 2.75) is 62.3 Å². The van der Waals surface area contributed by atoms with Crippen LogP contribution in [-0.2, 0) is 9.59 Å². The van der Waals surface area contributed by atoms with Crippen molar-refractivity contribution in [3.05, 3.63) is 30.5 Å². The molecule has 2 amide bonds. The molecule has 0 saturated heterocycles. The summed E-state index contributed by atoms with van der Waals surface area (Å²) >= 11 is 0. The number of anilines is 3. The molecule has 5 nitrogen and oxygen atoms in total. The Morgan fingerprint density at radius 3 is 1.19 bits per heavy atom. The minimum Gasteiger partial charge on any atom is -0.359 e. The Balaban J connectivity index is 3.24. The van der Waals surface area contributed by atoms with E-state index in [2.05, 4.69) is 43.3 Å². The van der Waals surface area contributed by atoms with E-state index >= 15 is 0 Å². The van der Waals surface area contributed by atoms with Crippen LogP contribution in [0.2, 0.25) is 0 Å². The zero-order valence-electron chi connectivity index (χ0n) is 18.3. The Kier molecular flexibility index (Phi) is 6.53. The number of amides is 2. The Bertz CT molecular complexity index is 617. The minimum absolute atomic E-state index is 0.0950. The van der Waals surface area contributed by atoms with Gasteiger partial charge < -0.3 is 16.0 Å². The Hall–Kier alpha value is -2.30. The zero-order chi connectivity index (χ0) is 21.2. The predicted octanol–water partition coefficient (Wildman–Crippen LogP) is 5.63. The van der Waals surface area contributed by atoms with E-state index in [0.717, 1.165) is 11.4 Å². The maximum Gasteiger partial charge on any atom is 0.229 e. The summed E-state index contributed by atoms with van der Waals surface area (Å²) in [5, 5.41) is 9.14. The number of benzene rings is 1. The molecule has 0 atom stereocenters. The molecule has 150 valence electrons. The van der Waals surface area contributed by atoms with Crippen molar-refractivity contribution in [3.8, 4) is 0 Å². The van der Waals surface area contributed by atoms with Gasteiger partial charge in [0.05, 0.1) is 0 Å². The van der Waals surface area contributed by atoms with E-state index in [-0.39, 0.29) is 17.2 Å². The Labute approximate surface area is 164 Å². The Morgan fingerprint density at radius 2 is 0.926 bits per heavy atom. The maximum absolute atomic E-state index is 12.4. The summed E-state index contributed by atoms with van der Waals surface area (Å²) in [5.41, 5.74) is 1.66. The first kappa shape index (κ1) is 22.7. The molecule has 1 aromatic carbocycles. The van der Waals surface area contributed by atoms with Gasteiger partial charge in [-0.1, -0.05) is 68.9 Å². The largest absolute Gasteiger partial charge is 0.359 e. The lowest BCUT2D eigenvalue weighted by Crippen LogP contribution is -2.29.